The van der Waals surface area contributed by atoms with Crippen molar-refractivity contribution in [2.45, 2.75) is 33.2 Å². The van der Waals surface area contributed by atoms with E-state index in [1.807, 2.05) is 0 Å². The van der Waals surface area contributed by atoms with Gasteiger partial charge in [0.1, 0.15) is 0 Å². The van der Waals surface area contributed by atoms with Crippen LogP contribution < -0.4 is 5.32 Å². The molecule has 2 rings (SSSR count). The molecule has 1 aromatic carbocycles. The van der Waals surface area contributed by atoms with E-state index in [9.17, 15) is 0 Å². The highest BCUT2D eigenvalue weighted by molar-refractivity contribution is 5.40. The third kappa shape index (κ3) is 1.61. The van der Waals surface area contributed by atoms with Gasteiger partial charge in [0.2, 0.25) is 0 Å². The van der Waals surface area contributed by atoms with Gasteiger partial charge in [0, 0.05) is 6.54 Å². The van der Waals surface area contributed by atoms with Gasteiger partial charge in [-0.2, -0.15) is 0 Å². The Morgan fingerprint density at radius 3 is 3.00 bits per heavy atom. The first-order valence-electron chi connectivity index (χ1n) is 5.13. The van der Waals surface area contributed by atoms with Gasteiger partial charge >= 0.3 is 0 Å². The SMILES string of the molecule is CCc1cc(C)c2c(c1)CCNC2. The first-order valence-corrected chi connectivity index (χ1v) is 5.13. The van der Waals surface area contributed by atoms with Crippen LogP contribution in [0.15, 0.2) is 12.1 Å². The molecule has 0 saturated carbocycles. The van der Waals surface area contributed by atoms with E-state index in [0.717, 1.165) is 19.5 Å². The van der Waals surface area contributed by atoms with E-state index in [2.05, 4.69) is 31.3 Å². The van der Waals surface area contributed by atoms with Gasteiger partial charge in [-0.15, -0.1) is 0 Å². The molecule has 0 unspecified atom stereocenters. The van der Waals surface area contributed by atoms with Gasteiger partial charge in [0.15, 0.2) is 0 Å². The van der Waals surface area contributed by atoms with Crippen LogP contribution in [0.5, 0.6) is 0 Å². The Bertz CT molecular complexity index is 315. The summed E-state index contributed by atoms with van der Waals surface area (Å²) in [5.41, 5.74) is 6.04. The summed E-state index contributed by atoms with van der Waals surface area (Å²) in [5, 5.41) is 3.42. The Labute approximate surface area is 80.2 Å². The first kappa shape index (κ1) is 8.76. The molecular weight excluding hydrogens is 158 g/mol. The van der Waals surface area contributed by atoms with E-state index in [4.69, 9.17) is 0 Å². The predicted molar refractivity (Wildman–Crippen MR) is 56.0 cm³/mol. The molecule has 1 N–H and O–H groups in total. The van der Waals surface area contributed by atoms with Crippen LogP contribution >= 0.6 is 0 Å². The summed E-state index contributed by atoms with van der Waals surface area (Å²) in [5.74, 6) is 0. The maximum absolute atomic E-state index is 3.42. The molecule has 0 radical (unpaired) electrons. The fourth-order valence-corrected chi connectivity index (χ4v) is 2.09. The summed E-state index contributed by atoms with van der Waals surface area (Å²) >= 11 is 0. The van der Waals surface area contributed by atoms with Crippen LogP contribution in [0.2, 0.25) is 0 Å². The summed E-state index contributed by atoms with van der Waals surface area (Å²) in [4.78, 5) is 0. The summed E-state index contributed by atoms with van der Waals surface area (Å²) in [6, 6.07) is 4.70. The maximum Gasteiger partial charge on any atom is 0.0211 e. The van der Waals surface area contributed by atoms with Gasteiger partial charge in [-0.1, -0.05) is 19.1 Å². The lowest BCUT2D eigenvalue weighted by molar-refractivity contribution is 0.639. The zero-order valence-corrected chi connectivity index (χ0v) is 8.48. The van der Waals surface area contributed by atoms with Crippen molar-refractivity contribution in [1.82, 2.24) is 5.32 Å². The number of aryl methyl sites for hydroxylation is 2. The van der Waals surface area contributed by atoms with E-state index in [1.54, 1.807) is 5.56 Å². The van der Waals surface area contributed by atoms with Gasteiger partial charge in [0.25, 0.3) is 0 Å². The van der Waals surface area contributed by atoms with E-state index >= 15 is 0 Å². The molecule has 1 heteroatoms. The number of benzene rings is 1. The van der Waals surface area contributed by atoms with Gasteiger partial charge < -0.3 is 5.32 Å². The van der Waals surface area contributed by atoms with E-state index in [-0.39, 0.29) is 0 Å². The first-order chi connectivity index (χ1) is 6.31. The topological polar surface area (TPSA) is 12.0 Å². The quantitative estimate of drug-likeness (QED) is 0.690. The van der Waals surface area contributed by atoms with E-state index < -0.39 is 0 Å². The maximum atomic E-state index is 3.42. The molecule has 0 saturated heterocycles. The number of nitrogens with one attached hydrogen (secondary N) is 1. The van der Waals surface area contributed by atoms with Gasteiger partial charge in [-0.05, 0) is 48.6 Å². The molecule has 13 heavy (non-hydrogen) atoms. The lowest BCUT2D eigenvalue weighted by Gasteiger charge is -2.20. The van der Waals surface area contributed by atoms with Crippen molar-refractivity contribution in [3.8, 4) is 0 Å². The molecule has 0 aromatic heterocycles. The minimum atomic E-state index is 1.06. The van der Waals surface area contributed by atoms with Gasteiger partial charge in [-0.25, -0.2) is 0 Å². The third-order valence-corrected chi connectivity index (χ3v) is 2.91. The molecule has 70 valence electrons. The largest absolute Gasteiger partial charge is 0.312 e. The second-order valence-corrected chi connectivity index (χ2v) is 3.83. The Morgan fingerprint density at radius 2 is 2.23 bits per heavy atom. The van der Waals surface area contributed by atoms with Crippen LogP contribution in [0.1, 0.15) is 29.2 Å². The van der Waals surface area contributed by atoms with Crippen molar-refractivity contribution in [3.05, 3.63) is 34.4 Å². The van der Waals surface area contributed by atoms with Crippen molar-refractivity contribution in [2.24, 2.45) is 0 Å². The summed E-state index contributed by atoms with van der Waals surface area (Å²) in [7, 11) is 0. The molecule has 1 aliphatic heterocycles. The normalized spacial score (nSPS) is 15.5. The van der Waals surface area contributed by atoms with Crippen molar-refractivity contribution in [2.75, 3.05) is 6.54 Å². The smallest absolute Gasteiger partial charge is 0.0211 e. The summed E-state index contributed by atoms with van der Waals surface area (Å²) < 4.78 is 0. The molecule has 0 spiro atoms. The molecule has 0 atom stereocenters. The minimum absolute atomic E-state index is 1.06. The highest BCUT2D eigenvalue weighted by Crippen LogP contribution is 2.20. The van der Waals surface area contributed by atoms with Crippen LogP contribution in [0.25, 0.3) is 0 Å². The molecule has 1 heterocycles. The van der Waals surface area contributed by atoms with Gasteiger partial charge in [0.05, 0.1) is 0 Å². The van der Waals surface area contributed by atoms with Crippen molar-refractivity contribution in [3.63, 3.8) is 0 Å². The molecule has 1 aromatic rings. The average molecular weight is 175 g/mol. The molecule has 1 aliphatic rings. The summed E-state index contributed by atoms with van der Waals surface area (Å²) in [6.07, 6.45) is 2.35. The third-order valence-electron chi connectivity index (χ3n) is 2.91. The Hall–Kier alpha value is -0.820. The minimum Gasteiger partial charge on any atom is -0.312 e. The number of hydrogen-bond donors (Lipinski definition) is 1. The van der Waals surface area contributed by atoms with Crippen molar-refractivity contribution < 1.29 is 0 Å². The van der Waals surface area contributed by atoms with Crippen LogP contribution in [0, 0.1) is 6.92 Å². The second-order valence-electron chi connectivity index (χ2n) is 3.83. The Kier molecular flexibility index (Phi) is 2.36. The van der Waals surface area contributed by atoms with Crippen molar-refractivity contribution >= 4 is 0 Å². The van der Waals surface area contributed by atoms with E-state index in [1.165, 1.54) is 23.1 Å². The predicted octanol–water partition coefficient (Wildman–Crippen LogP) is 2.20. The highest BCUT2D eigenvalue weighted by atomic mass is 14.9. The Morgan fingerprint density at radius 1 is 1.38 bits per heavy atom. The standard InChI is InChI=1S/C12H17N/c1-3-10-6-9(2)12-8-13-5-4-11(12)7-10/h6-7,13H,3-5,8H2,1-2H3. The lowest BCUT2D eigenvalue weighted by Crippen LogP contribution is -2.24. The molecule has 0 amide bonds. The van der Waals surface area contributed by atoms with Crippen LogP contribution in [0.3, 0.4) is 0 Å². The monoisotopic (exact) mass is 175 g/mol. The molecule has 0 bridgehead atoms. The molecular formula is C12H17N. The van der Waals surface area contributed by atoms with E-state index in [0.29, 0.717) is 0 Å². The van der Waals surface area contributed by atoms with Crippen molar-refractivity contribution in [1.29, 1.82) is 0 Å². The lowest BCUT2D eigenvalue weighted by atomic mass is 9.93. The zero-order valence-electron chi connectivity index (χ0n) is 8.48. The second kappa shape index (κ2) is 3.51. The van der Waals surface area contributed by atoms with Crippen LogP contribution in [0.4, 0.5) is 0 Å². The zero-order chi connectivity index (χ0) is 9.26. The fourth-order valence-electron chi connectivity index (χ4n) is 2.09. The Balaban J connectivity index is 2.47. The fraction of sp³-hybridized carbons (Fsp3) is 0.500. The van der Waals surface area contributed by atoms with Crippen LogP contribution in [-0.4, -0.2) is 6.54 Å². The number of rotatable bonds is 1. The number of hydrogen-bond acceptors (Lipinski definition) is 1. The van der Waals surface area contributed by atoms with Crippen LogP contribution in [-0.2, 0) is 19.4 Å². The molecule has 0 fully saturated rings. The number of fused-ring (bicyclic) bond motifs is 1. The highest BCUT2D eigenvalue weighted by Gasteiger charge is 2.11. The molecule has 1 nitrogen and oxygen atoms in total. The van der Waals surface area contributed by atoms with Gasteiger partial charge in [-0.3, -0.25) is 0 Å². The molecule has 0 aliphatic carbocycles. The summed E-state index contributed by atoms with van der Waals surface area (Å²) in [6.45, 7) is 6.65. The average Bonchev–Trinajstić information content (AvgIpc) is 2.18.